The number of para-hydroxylation sites is 1. The van der Waals surface area contributed by atoms with Crippen LogP contribution in [0.4, 0.5) is 0 Å². The molecule has 1 saturated carbocycles. The topological polar surface area (TPSA) is 37.9 Å². The minimum Gasteiger partial charge on any atom is -0.352 e. The molecular weight excluding hydrogens is 346 g/mol. The molecule has 0 saturated heterocycles. The maximum atomic E-state index is 12.6. The molecule has 2 heterocycles. The fourth-order valence-corrected chi connectivity index (χ4v) is 4.02. The second-order valence-electron chi connectivity index (χ2n) is 7.76. The van der Waals surface area contributed by atoms with E-state index in [9.17, 15) is 4.79 Å². The van der Waals surface area contributed by atoms with Crippen LogP contribution in [0.3, 0.4) is 0 Å². The predicted molar refractivity (Wildman–Crippen MR) is 113 cm³/mol. The van der Waals surface area contributed by atoms with Gasteiger partial charge in [-0.2, -0.15) is 0 Å². The minimum absolute atomic E-state index is 0.110. The van der Waals surface area contributed by atoms with Crippen LogP contribution >= 0.6 is 0 Å². The molecule has 0 unspecified atom stereocenters. The lowest BCUT2D eigenvalue weighted by molar-refractivity contribution is -0.671. The first-order valence-corrected chi connectivity index (χ1v) is 10.2. The molecule has 2 aromatic heterocycles. The molecule has 1 amide bonds. The number of benzene rings is 1. The van der Waals surface area contributed by atoms with Gasteiger partial charge in [0.2, 0.25) is 5.91 Å². The normalized spacial score (nSPS) is 15.3. The van der Waals surface area contributed by atoms with Crippen molar-refractivity contribution in [2.45, 2.75) is 44.7 Å². The monoisotopic (exact) mass is 374 g/mol. The maximum absolute atomic E-state index is 12.6. The van der Waals surface area contributed by atoms with Gasteiger partial charge < -0.3 is 9.88 Å². The van der Waals surface area contributed by atoms with Crippen LogP contribution in [0.2, 0.25) is 0 Å². The zero-order chi connectivity index (χ0) is 19.3. The van der Waals surface area contributed by atoms with Crippen molar-refractivity contribution in [2.24, 2.45) is 7.05 Å². The molecule has 0 aliphatic heterocycles. The number of nitrogens with one attached hydrogen (secondary N) is 1. The summed E-state index contributed by atoms with van der Waals surface area (Å²) in [7, 11) is 2.01. The van der Waals surface area contributed by atoms with Gasteiger partial charge in [0, 0.05) is 40.8 Å². The Kier molecular flexibility index (Phi) is 5.56. The highest BCUT2D eigenvalue weighted by atomic mass is 16.2. The second-order valence-corrected chi connectivity index (χ2v) is 7.76. The molecular formula is C24H28N3O+. The quantitative estimate of drug-likeness (QED) is 0.671. The molecule has 3 aromatic rings. The number of fused-ring (bicyclic) bond motifs is 1. The van der Waals surface area contributed by atoms with Crippen LogP contribution in [0, 0.1) is 0 Å². The van der Waals surface area contributed by atoms with E-state index in [1.165, 1.54) is 24.6 Å². The molecule has 1 N–H and O–H groups in total. The Balaban J connectivity index is 1.54. The molecule has 0 spiro atoms. The number of rotatable bonds is 5. The summed E-state index contributed by atoms with van der Waals surface area (Å²) in [6.45, 7) is 0.367. The van der Waals surface area contributed by atoms with Crippen LogP contribution in [0.25, 0.3) is 23.1 Å². The third-order valence-electron chi connectivity index (χ3n) is 5.56. The first kappa shape index (κ1) is 18.5. The van der Waals surface area contributed by atoms with Crippen LogP contribution in [0.15, 0.2) is 55.0 Å². The number of nitrogens with zero attached hydrogens (tertiary/aromatic N) is 2. The lowest BCUT2D eigenvalue weighted by Gasteiger charge is -2.22. The average molecular weight is 375 g/mol. The molecule has 0 radical (unpaired) electrons. The van der Waals surface area contributed by atoms with E-state index in [2.05, 4.69) is 58.6 Å². The van der Waals surface area contributed by atoms with E-state index in [1.807, 2.05) is 30.1 Å². The van der Waals surface area contributed by atoms with Crippen LogP contribution in [-0.4, -0.2) is 16.5 Å². The highest BCUT2D eigenvalue weighted by Gasteiger charge is 2.16. The molecule has 1 fully saturated rings. The summed E-state index contributed by atoms with van der Waals surface area (Å²) in [5, 5.41) is 4.40. The Hall–Kier alpha value is -2.88. The maximum Gasteiger partial charge on any atom is 0.240 e. The number of amides is 1. The molecule has 1 aliphatic carbocycles. The van der Waals surface area contributed by atoms with Gasteiger partial charge in [-0.05, 0) is 24.5 Å². The van der Waals surface area contributed by atoms with E-state index in [0.717, 1.165) is 29.5 Å². The third kappa shape index (κ3) is 4.33. The largest absolute Gasteiger partial charge is 0.352 e. The Labute approximate surface area is 166 Å². The molecule has 1 aromatic carbocycles. The fraction of sp³-hybridized carbons (Fsp3) is 0.333. The van der Waals surface area contributed by atoms with Crippen LogP contribution in [0.1, 0.15) is 43.2 Å². The van der Waals surface area contributed by atoms with Gasteiger partial charge in [-0.25, -0.2) is 4.57 Å². The van der Waals surface area contributed by atoms with Crippen molar-refractivity contribution in [3.63, 3.8) is 0 Å². The lowest BCUT2D eigenvalue weighted by Crippen LogP contribution is -2.38. The van der Waals surface area contributed by atoms with Gasteiger partial charge in [0.15, 0.2) is 12.4 Å². The zero-order valence-corrected chi connectivity index (χ0v) is 16.5. The van der Waals surface area contributed by atoms with E-state index >= 15 is 0 Å². The van der Waals surface area contributed by atoms with Crippen molar-refractivity contribution < 1.29 is 9.36 Å². The standard InChI is InChI=1S/C24H27N3O/c1-26-15-13-19(14-16-26)11-12-20-17-27(23-10-6-5-9-22(20)23)18-24(28)25-21-7-3-2-4-8-21/h5-6,9-17,21H,2-4,7-8,18H2,1H3/p+1. The molecule has 0 bridgehead atoms. The highest BCUT2D eigenvalue weighted by molar-refractivity contribution is 5.93. The fourth-order valence-electron chi connectivity index (χ4n) is 4.02. The Bertz CT molecular complexity index is 979. The van der Waals surface area contributed by atoms with Crippen LogP contribution < -0.4 is 9.88 Å². The molecule has 28 heavy (non-hydrogen) atoms. The summed E-state index contributed by atoms with van der Waals surface area (Å²) in [6.07, 6.45) is 16.4. The van der Waals surface area contributed by atoms with Crippen LogP contribution in [-0.2, 0) is 18.4 Å². The summed E-state index contributed by atoms with van der Waals surface area (Å²) < 4.78 is 4.09. The molecule has 4 heteroatoms. The smallest absolute Gasteiger partial charge is 0.240 e. The number of carbonyl (C=O) groups excluding carboxylic acids is 1. The number of aryl methyl sites for hydroxylation is 1. The summed E-state index contributed by atoms with van der Waals surface area (Å²) in [5.41, 5.74) is 3.39. The van der Waals surface area contributed by atoms with E-state index in [0.29, 0.717) is 12.6 Å². The number of hydrogen-bond donors (Lipinski definition) is 1. The summed E-state index contributed by atoms with van der Waals surface area (Å²) in [5.74, 6) is 0.110. The van der Waals surface area contributed by atoms with Crippen molar-refractivity contribution in [2.75, 3.05) is 0 Å². The van der Waals surface area contributed by atoms with Crippen molar-refractivity contribution >= 4 is 29.0 Å². The first-order chi connectivity index (χ1) is 13.7. The van der Waals surface area contributed by atoms with Gasteiger partial charge in [-0.1, -0.05) is 49.6 Å². The predicted octanol–water partition coefficient (Wildman–Crippen LogP) is 4.09. The second kappa shape index (κ2) is 8.42. The molecule has 4 nitrogen and oxygen atoms in total. The van der Waals surface area contributed by atoms with Crippen molar-refractivity contribution in [1.82, 2.24) is 9.88 Å². The number of hydrogen-bond acceptors (Lipinski definition) is 1. The van der Waals surface area contributed by atoms with Gasteiger partial charge in [0.1, 0.15) is 13.6 Å². The Morgan fingerprint density at radius 2 is 1.86 bits per heavy atom. The SMILES string of the molecule is C[n+]1ccc(/C=C/c2cn(CC(=O)NC3CCCCC3)c3ccccc23)cc1. The van der Waals surface area contributed by atoms with E-state index in [4.69, 9.17) is 0 Å². The number of aromatic nitrogens is 2. The number of pyridine rings is 1. The molecule has 0 atom stereocenters. The van der Waals surface area contributed by atoms with Gasteiger partial charge in [-0.15, -0.1) is 0 Å². The molecule has 144 valence electrons. The van der Waals surface area contributed by atoms with E-state index < -0.39 is 0 Å². The average Bonchev–Trinajstić information content (AvgIpc) is 3.06. The van der Waals surface area contributed by atoms with Gasteiger partial charge in [0.05, 0.1) is 0 Å². The lowest BCUT2D eigenvalue weighted by atomic mass is 9.95. The minimum atomic E-state index is 0.110. The first-order valence-electron chi connectivity index (χ1n) is 10.2. The molecule has 1 aliphatic rings. The Morgan fingerprint density at radius 3 is 2.64 bits per heavy atom. The summed E-state index contributed by atoms with van der Waals surface area (Å²) >= 11 is 0. The van der Waals surface area contributed by atoms with Gasteiger partial charge >= 0.3 is 0 Å². The third-order valence-corrected chi connectivity index (χ3v) is 5.56. The van der Waals surface area contributed by atoms with Crippen molar-refractivity contribution in [3.05, 3.63) is 66.1 Å². The number of carbonyl (C=O) groups is 1. The van der Waals surface area contributed by atoms with E-state index in [-0.39, 0.29) is 5.91 Å². The van der Waals surface area contributed by atoms with E-state index in [1.54, 1.807) is 0 Å². The summed E-state index contributed by atoms with van der Waals surface area (Å²) in [6, 6.07) is 12.8. The van der Waals surface area contributed by atoms with Crippen molar-refractivity contribution in [1.29, 1.82) is 0 Å². The highest BCUT2D eigenvalue weighted by Crippen LogP contribution is 2.23. The van der Waals surface area contributed by atoms with Crippen LogP contribution in [0.5, 0.6) is 0 Å². The Morgan fingerprint density at radius 1 is 1.11 bits per heavy atom. The summed E-state index contributed by atoms with van der Waals surface area (Å²) in [4.78, 5) is 12.6. The van der Waals surface area contributed by atoms with Gasteiger partial charge in [-0.3, -0.25) is 4.79 Å². The zero-order valence-electron chi connectivity index (χ0n) is 16.5. The van der Waals surface area contributed by atoms with Gasteiger partial charge in [0.25, 0.3) is 0 Å². The molecule has 4 rings (SSSR count). The van der Waals surface area contributed by atoms with Crippen molar-refractivity contribution in [3.8, 4) is 0 Å².